The summed E-state index contributed by atoms with van der Waals surface area (Å²) in [6, 6.07) is 3.53. The van der Waals surface area contributed by atoms with Crippen LogP contribution in [-0.4, -0.2) is 46.4 Å². The summed E-state index contributed by atoms with van der Waals surface area (Å²) in [4.78, 5) is 33.6. The van der Waals surface area contributed by atoms with Gasteiger partial charge in [0.25, 0.3) is 0 Å². The molecule has 0 saturated heterocycles. The Balaban J connectivity index is 3.13. The molecule has 0 aliphatic rings. The number of carboxylic acid groups (broad SMARTS) is 2. The smallest absolute Gasteiger partial charge is 0.339 e. The summed E-state index contributed by atoms with van der Waals surface area (Å²) in [6.07, 6.45) is 0.215. The fraction of sp³-hybridized carbons (Fsp3) is 0.250. The van der Waals surface area contributed by atoms with Crippen molar-refractivity contribution in [1.82, 2.24) is 0 Å². The Kier molecular flexibility index (Phi) is 5.01. The molecule has 0 radical (unpaired) electrons. The summed E-state index contributed by atoms with van der Waals surface area (Å²) in [5.74, 6) is -3.90. The molecule has 0 atom stereocenters. The van der Waals surface area contributed by atoms with Crippen LogP contribution >= 0.6 is 0 Å². The lowest BCUT2D eigenvalue weighted by atomic mass is 10.0. The van der Waals surface area contributed by atoms with Gasteiger partial charge in [0.1, 0.15) is 0 Å². The number of esters is 1. The molecule has 0 amide bonds. The van der Waals surface area contributed by atoms with Crippen LogP contribution in [0.3, 0.4) is 0 Å². The highest BCUT2D eigenvalue weighted by molar-refractivity contribution is 6.09. The van der Waals surface area contributed by atoms with Crippen molar-refractivity contribution < 1.29 is 34.4 Å². The number of aliphatic hydroxyl groups is 1. The number of carboxylic acids is 2. The normalized spacial score (nSPS) is 9.95. The summed E-state index contributed by atoms with van der Waals surface area (Å²) in [7, 11) is 0. The SMILES string of the molecule is O=C(O)c1cccc(C(=O)OCCCO)c1C(=O)O. The Morgan fingerprint density at radius 3 is 2.21 bits per heavy atom. The van der Waals surface area contributed by atoms with Crippen LogP contribution in [0.25, 0.3) is 0 Å². The fourth-order valence-corrected chi connectivity index (χ4v) is 1.44. The molecule has 1 rings (SSSR count). The van der Waals surface area contributed by atoms with Crippen molar-refractivity contribution >= 4 is 17.9 Å². The first-order valence-electron chi connectivity index (χ1n) is 5.36. The number of aromatic carboxylic acids is 2. The molecule has 0 bridgehead atoms. The second kappa shape index (κ2) is 6.50. The van der Waals surface area contributed by atoms with Crippen LogP contribution < -0.4 is 0 Å². The number of ether oxygens (including phenoxy) is 1. The average molecular weight is 268 g/mol. The molecular formula is C12H12O7. The number of hydrogen-bond donors (Lipinski definition) is 3. The van der Waals surface area contributed by atoms with Crippen LogP contribution in [-0.2, 0) is 4.74 Å². The highest BCUT2D eigenvalue weighted by atomic mass is 16.5. The number of carbonyl (C=O) groups excluding carboxylic acids is 1. The molecule has 0 aliphatic heterocycles. The summed E-state index contributed by atoms with van der Waals surface area (Å²) in [6.45, 7) is -0.250. The van der Waals surface area contributed by atoms with Gasteiger partial charge in [-0.3, -0.25) is 0 Å². The summed E-state index contributed by atoms with van der Waals surface area (Å²) < 4.78 is 4.74. The molecule has 0 aromatic heterocycles. The minimum absolute atomic E-state index is 0.0777. The van der Waals surface area contributed by atoms with Gasteiger partial charge in [0.05, 0.1) is 23.3 Å². The number of aliphatic hydroxyl groups excluding tert-OH is 1. The quantitative estimate of drug-likeness (QED) is 0.510. The van der Waals surface area contributed by atoms with Gasteiger partial charge >= 0.3 is 17.9 Å². The first-order valence-corrected chi connectivity index (χ1v) is 5.36. The van der Waals surface area contributed by atoms with Gasteiger partial charge in [0.15, 0.2) is 0 Å². The van der Waals surface area contributed by atoms with E-state index in [0.717, 1.165) is 6.07 Å². The van der Waals surface area contributed by atoms with E-state index in [9.17, 15) is 14.4 Å². The van der Waals surface area contributed by atoms with Crippen molar-refractivity contribution in [2.75, 3.05) is 13.2 Å². The molecule has 0 heterocycles. The minimum Gasteiger partial charge on any atom is -0.478 e. The van der Waals surface area contributed by atoms with Crippen LogP contribution in [0.5, 0.6) is 0 Å². The molecule has 0 spiro atoms. The molecule has 1 aromatic rings. The monoisotopic (exact) mass is 268 g/mol. The summed E-state index contributed by atoms with van der Waals surface area (Å²) in [5.41, 5.74) is -1.42. The number of hydrogen-bond acceptors (Lipinski definition) is 5. The third-order valence-electron chi connectivity index (χ3n) is 2.26. The van der Waals surface area contributed by atoms with Crippen LogP contribution in [0, 0.1) is 0 Å². The highest BCUT2D eigenvalue weighted by Gasteiger charge is 2.24. The zero-order valence-corrected chi connectivity index (χ0v) is 9.83. The second-order valence-corrected chi connectivity index (χ2v) is 3.55. The van der Waals surface area contributed by atoms with Crippen molar-refractivity contribution in [3.63, 3.8) is 0 Å². The predicted octanol–water partition coefficient (Wildman–Crippen LogP) is 0.622. The van der Waals surface area contributed by atoms with E-state index in [4.69, 9.17) is 20.1 Å². The minimum atomic E-state index is -1.52. The van der Waals surface area contributed by atoms with Crippen molar-refractivity contribution in [1.29, 1.82) is 0 Å². The first-order chi connectivity index (χ1) is 8.99. The topological polar surface area (TPSA) is 121 Å². The van der Waals surface area contributed by atoms with Crippen LogP contribution in [0.1, 0.15) is 37.5 Å². The van der Waals surface area contributed by atoms with E-state index in [2.05, 4.69) is 0 Å². The molecular weight excluding hydrogens is 256 g/mol. The largest absolute Gasteiger partial charge is 0.478 e. The molecule has 7 nitrogen and oxygen atoms in total. The number of rotatable bonds is 6. The third kappa shape index (κ3) is 3.52. The Morgan fingerprint density at radius 2 is 1.68 bits per heavy atom. The van der Waals surface area contributed by atoms with E-state index in [0.29, 0.717) is 0 Å². The predicted molar refractivity (Wildman–Crippen MR) is 62.3 cm³/mol. The van der Waals surface area contributed by atoms with E-state index in [1.807, 2.05) is 0 Å². The van der Waals surface area contributed by atoms with Gasteiger partial charge < -0.3 is 20.1 Å². The standard InChI is InChI=1S/C12H12O7/c13-5-2-6-19-12(18)8-4-1-3-7(10(14)15)9(8)11(16)17/h1,3-4,13H,2,5-6H2,(H,14,15)(H,16,17). The summed E-state index contributed by atoms with van der Waals surface area (Å²) >= 11 is 0. The van der Waals surface area contributed by atoms with Gasteiger partial charge in [0, 0.05) is 13.0 Å². The molecule has 0 aliphatic carbocycles. The van der Waals surface area contributed by atoms with Crippen molar-refractivity contribution in [3.8, 4) is 0 Å². The molecule has 1 aromatic carbocycles. The molecule has 102 valence electrons. The van der Waals surface area contributed by atoms with E-state index >= 15 is 0 Å². The van der Waals surface area contributed by atoms with E-state index in [1.165, 1.54) is 12.1 Å². The number of benzene rings is 1. The summed E-state index contributed by atoms with van der Waals surface area (Å²) in [5, 5.41) is 26.4. The van der Waals surface area contributed by atoms with Gasteiger partial charge in [-0.15, -0.1) is 0 Å². The van der Waals surface area contributed by atoms with E-state index in [1.54, 1.807) is 0 Å². The molecule has 7 heteroatoms. The van der Waals surface area contributed by atoms with Gasteiger partial charge in [0.2, 0.25) is 0 Å². The van der Waals surface area contributed by atoms with Gasteiger partial charge in [-0.25, -0.2) is 14.4 Å². The van der Waals surface area contributed by atoms with Crippen LogP contribution in [0.2, 0.25) is 0 Å². The molecule has 0 saturated carbocycles. The second-order valence-electron chi connectivity index (χ2n) is 3.55. The Morgan fingerprint density at radius 1 is 1.05 bits per heavy atom. The molecule has 0 unspecified atom stereocenters. The van der Waals surface area contributed by atoms with Crippen molar-refractivity contribution in [2.24, 2.45) is 0 Å². The maximum Gasteiger partial charge on any atom is 0.339 e. The zero-order chi connectivity index (χ0) is 14.4. The highest BCUT2D eigenvalue weighted by Crippen LogP contribution is 2.16. The molecule has 0 fully saturated rings. The van der Waals surface area contributed by atoms with Gasteiger partial charge in [-0.1, -0.05) is 6.07 Å². The number of carbonyl (C=O) groups is 3. The lowest BCUT2D eigenvalue weighted by Gasteiger charge is -2.08. The maximum atomic E-state index is 11.7. The van der Waals surface area contributed by atoms with Gasteiger partial charge in [-0.2, -0.15) is 0 Å². The Bertz CT molecular complexity index is 507. The Hall–Kier alpha value is -2.41. The van der Waals surface area contributed by atoms with Crippen LogP contribution in [0.15, 0.2) is 18.2 Å². The first kappa shape index (κ1) is 14.7. The molecule has 3 N–H and O–H groups in total. The Labute approximate surface area is 108 Å². The lowest BCUT2D eigenvalue weighted by molar-refractivity contribution is 0.0472. The average Bonchev–Trinajstić information content (AvgIpc) is 2.37. The zero-order valence-electron chi connectivity index (χ0n) is 9.83. The van der Waals surface area contributed by atoms with E-state index in [-0.39, 0.29) is 25.2 Å². The lowest BCUT2D eigenvalue weighted by Crippen LogP contribution is -2.17. The third-order valence-corrected chi connectivity index (χ3v) is 2.26. The van der Waals surface area contributed by atoms with E-state index < -0.39 is 29.0 Å². The van der Waals surface area contributed by atoms with Crippen LogP contribution in [0.4, 0.5) is 0 Å². The van der Waals surface area contributed by atoms with Crippen molar-refractivity contribution in [2.45, 2.75) is 6.42 Å². The van der Waals surface area contributed by atoms with Crippen molar-refractivity contribution in [3.05, 3.63) is 34.9 Å². The fourth-order valence-electron chi connectivity index (χ4n) is 1.44. The maximum absolute atomic E-state index is 11.7. The van der Waals surface area contributed by atoms with Gasteiger partial charge in [-0.05, 0) is 12.1 Å². The molecule has 19 heavy (non-hydrogen) atoms.